The van der Waals surface area contributed by atoms with Gasteiger partial charge in [0.2, 0.25) is 5.56 Å². The number of carbonyl (C=O) groups is 1. The van der Waals surface area contributed by atoms with Gasteiger partial charge in [-0.3, -0.25) is 9.59 Å². The van der Waals surface area contributed by atoms with Crippen LogP contribution in [0.25, 0.3) is 0 Å². The van der Waals surface area contributed by atoms with Crippen LogP contribution >= 0.6 is 11.6 Å². The SMILES string of the molecule is CCC(CCCl)NC(=O)c1ccc(=O)[nH]c1. The van der Waals surface area contributed by atoms with Gasteiger partial charge in [0, 0.05) is 24.2 Å². The van der Waals surface area contributed by atoms with E-state index >= 15 is 0 Å². The molecule has 1 aromatic rings. The fourth-order valence-electron chi connectivity index (χ4n) is 1.33. The first kappa shape index (κ1) is 12.8. The van der Waals surface area contributed by atoms with E-state index in [1.807, 2.05) is 6.92 Å². The summed E-state index contributed by atoms with van der Waals surface area (Å²) in [5, 5.41) is 2.86. The Hall–Kier alpha value is -1.29. The van der Waals surface area contributed by atoms with Crippen molar-refractivity contribution in [3.63, 3.8) is 0 Å². The molecule has 1 amide bonds. The molecule has 0 aromatic carbocycles. The molecule has 1 aromatic heterocycles. The van der Waals surface area contributed by atoms with Gasteiger partial charge in [-0.15, -0.1) is 11.6 Å². The van der Waals surface area contributed by atoms with Crippen LogP contribution in [0.4, 0.5) is 0 Å². The molecule has 0 spiro atoms. The summed E-state index contributed by atoms with van der Waals surface area (Å²) < 4.78 is 0. The first-order valence-corrected chi connectivity index (χ1v) is 5.76. The number of aromatic amines is 1. The zero-order valence-corrected chi connectivity index (χ0v) is 9.88. The van der Waals surface area contributed by atoms with Crippen molar-refractivity contribution in [1.82, 2.24) is 10.3 Å². The molecule has 0 bridgehead atoms. The number of pyridine rings is 1. The van der Waals surface area contributed by atoms with Gasteiger partial charge in [-0.05, 0) is 18.9 Å². The van der Waals surface area contributed by atoms with Crippen molar-refractivity contribution in [2.45, 2.75) is 25.8 Å². The molecule has 0 aliphatic carbocycles. The maximum absolute atomic E-state index is 11.7. The highest BCUT2D eigenvalue weighted by Crippen LogP contribution is 2.02. The summed E-state index contributed by atoms with van der Waals surface area (Å²) in [4.78, 5) is 25.0. The van der Waals surface area contributed by atoms with Gasteiger partial charge in [0.25, 0.3) is 5.91 Å². The summed E-state index contributed by atoms with van der Waals surface area (Å²) in [5.74, 6) is 0.331. The van der Waals surface area contributed by atoms with Crippen LogP contribution in [0, 0.1) is 0 Å². The molecular formula is C11H15ClN2O2. The van der Waals surface area contributed by atoms with Crippen LogP contribution in [-0.4, -0.2) is 22.8 Å². The maximum Gasteiger partial charge on any atom is 0.252 e. The Labute approximate surface area is 99.0 Å². The van der Waals surface area contributed by atoms with E-state index in [0.29, 0.717) is 11.4 Å². The number of carbonyl (C=O) groups excluding carboxylic acids is 1. The Morgan fingerprint density at radius 3 is 2.81 bits per heavy atom. The van der Waals surface area contributed by atoms with Crippen LogP contribution in [0.3, 0.4) is 0 Å². The highest BCUT2D eigenvalue weighted by atomic mass is 35.5. The third-order valence-corrected chi connectivity index (χ3v) is 2.55. The molecular weight excluding hydrogens is 228 g/mol. The second-order valence-electron chi connectivity index (χ2n) is 3.50. The maximum atomic E-state index is 11.7. The van der Waals surface area contributed by atoms with Crippen LogP contribution < -0.4 is 10.9 Å². The number of nitrogens with one attached hydrogen (secondary N) is 2. The molecule has 0 radical (unpaired) electrons. The lowest BCUT2D eigenvalue weighted by atomic mass is 10.1. The van der Waals surface area contributed by atoms with Gasteiger partial charge in [0.1, 0.15) is 0 Å². The lowest BCUT2D eigenvalue weighted by Gasteiger charge is -2.15. The van der Waals surface area contributed by atoms with Gasteiger partial charge in [-0.25, -0.2) is 0 Å². The molecule has 1 heterocycles. The minimum absolute atomic E-state index is 0.0805. The smallest absolute Gasteiger partial charge is 0.252 e. The second kappa shape index (κ2) is 6.33. The molecule has 88 valence electrons. The predicted molar refractivity (Wildman–Crippen MR) is 63.9 cm³/mol. The summed E-state index contributed by atoms with van der Waals surface area (Å²) in [6, 6.07) is 2.91. The number of hydrogen-bond donors (Lipinski definition) is 2. The topological polar surface area (TPSA) is 62.0 Å². The van der Waals surface area contributed by atoms with Crippen molar-refractivity contribution in [3.8, 4) is 0 Å². The van der Waals surface area contributed by atoms with E-state index in [4.69, 9.17) is 11.6 Å². The molecule has 1 unspecified atom stereocenters. The highest BCUT2D eigenvalue weighted by Gasteiger charge is 2.11. The molecule has 1 rings (SSSR count). The van der Waals surface area contributed by atoms with Gasteiger partial charge < -0.3 is 10.3 Å². The predicted octanol–water partition coefficient (Wildman–Crippen LogP) is 1.51. The van der Waals surface area contributed by atoms with E-state index in [1.165, 1.54) is 18.3 Å². The third kappa shape index (κ3) is 3.70. The zero-order chi connectivity index (χ0) is 12.0. The van der Waals surface area contributed by atoms with E-state index in [1.54, 1.807) is 0 Å². The van der Waals surface area contributed by atoms with Crippen LogP contribution in [0.1, 0.15) is 30.1 Å². The lowest BCUT2D eigenvalue weighted by Crippen LogP contribution is -2.34. The van der Waals surface area contributed by atoms with Crippen molar-refractivity contribution in [2.24, 2.45) is 0 Å². The Bertz CT molecular complexity index is 383. The van der Waals surface area contributed by atoms with E-state index in [0.717, 1.165) is 12.8 Å². The average molecular weight is 243 g/mol. The summed E-state index contributed by atoms with van der Waals surface area (Å²) in [7, 11) is 0. The third-order valence-electron chi connectivity index (χ3n) is 2.33. The minimum atomic E-state index is -0.218. The number of rotatable bonds is 5. The molecule has 0 saturated carbocycles. The van der Waals surface area contributed by atoms with Crippen LogP contribution in [0.2, 0.25) is 0 Å². The van der Waals surface area contributed by atoms with Crippen molar-refractivity contribution in [3.05, 3.63) is 34.2 Å². The molecule has 4 nitrogen and oxygen atoms in total. The Kier molecular flexibility index (Phi) is 5.05. The van der Waals surface area contributed by atoms with Gasteiger partial charge in [-0.1, -0.05) is 6.92 Å². The molecule has 5 heteroatoms. The number of amides is 1. The zero-order valence-electron chi connectivity index (χ0n) is 9.13. The summed E-state index contributed by atoms with van der Waals surface area (Å²) in [5.41, 5.74) is 0.233. The Morgan fingerprint density at radius 2 is 2.31 bits per heavy atom. The van der Waals surface area contributed by atoms with Gasteiger partial charge in [-0.2, -0.15) is 0 Å². The number of halogens is 1. The van der Waals surface area contributed by atoms with Crippen LogP contribution in [-0.2, 0) is 0 Å². The minimum Gasteiger partial charge on any atom is -0.349 e. The van der Waals surface area contributed by atoms with E-state index in [9.17, 15) is 9.59 Å². The van der Waals surface area contributed by atoms with E-state index in [2.05, 4.69) is 10.3 Å². The number of H-pyrrole nitrogens is 1. The highest BCUT2D eigenvalue weighted by molar-refractivity contribution is 6.17. The first-order valence-electron chi connectivity index (χ1n) is 5.23. The number of aromatic nitrogens is 1. The van der Waals surface area contributed by atoms with Gasteiger partial charge >= 0.3 is 0 Å². The molecule has 0 aliphatic heterocycles. The largest absolute Gasteiger partial charge is 0.349 e. The van der Waals surface area contributed by atoms with Crippen LogP contribution in [0.15, 0.2) is 23.1 Å². The summed E-state index contributed by atoms with van der Waals surface area (Å²) >= 11 is 5.63. The molecule has 0 aliphatic rings. The molecule has 16 heavy (non-hydrogen) atoms. The second-order valence-corrected chi connectivity index (χ2v) is 3.88. The number of hydrogen-bond acceptors (Lipinski definition) is 2. The molecule has 0 fully saturated rings. The molecule has 0 saturated heterocycles. The monoisotopic (exact) mass is 242 g/mol. The average Bonchev–Trinajstić information content (AvgIpc) is 2.29. The lowest BCUT2D eigenvalue weighted by molar-refractivity contribution is 0.0934. The van der Waals surface area contributed by atoms with E-state index in [-0.39, 0.29) is 17.5 Å². The fraction of sp³-hybridized carbons (Fsp3) is 0.455. The molecule has 2 N–H and O–H groups in total. The standard InChI is InChI=1S/C11H15ClN2O2/c1-2-9(5-6-12)14-11(16)8-3-4-10(15)13-7-8/h3-4,7,9H,2,5-6H2,1H3,(H,13,15)(H,14,16). The van der Waals surface area contributed by atoms with Crippen molar-refractivity contribution < 1.29 is 4.79 Å². The van der Waals surface area contributed by atoms with Crippen molar-refractivity contribution in [1.29, 1.82) is 0 Å². The quantitative estimate of drug-likeness (QED) is 0.769. The summed E-state index contributed by atoms with van der Waals surface area (Å²) in [6.45, 7) is 1.99. The first-order chi connectivity index (χ1) is 7.67. The van der Waals surface area contributed by atoms with Crippen LogP contribution in [0.5, 0.6) is 0 Å². The molecule has 1 atom stereocenters. The summed E-state index contributed by atoms with van der Waals surface area (Å²) in [6.07, 6.45) is 2.99. The Balaban J connectivity index is 2.64. The number of alkyl halides is 1. The van der Waals surface area contributed by atoms with Gasteiger partial charge in [0.15, 0.2) is 0 Å². The van der Waals surface area contributed by atoms with Gasteiger partial charge in [0.05, 0.1) is 5.56 Å². The van der Waals surface area contributed by atoms with Crippen molar-refractivity contribution >= 4 is 17.5 Å². The normalized spacial score (nSPS) is 12.1. The fourth-order valence-corrected chi connectivity index (χ4v) is 1.59. The Morgan fingerprint density at radius 1 is 1.56 bits per heavy atom. The van der Waals surface area contributed by atoms with E-state index < -0.39 is 0 Å². The van der Waals surface area contributed by atoms with Crippen molar-refractivity contribution in [2.75, 3.05) is 5.88 Å².